The predicted molar refractivity (Wildman–Crippen MR) is 79.5 cm³/mol. The van der Waals surface area contributed by atoms with Gasteiger partial charge in [-0.1, -0.05) is 26.2 Å². The van der Waals surface area contributed by atoms with Gasteiger partial charge in [-0.15, -0.1) is 0 Å². The van der Waals surface area contributed by atoms with Crippen LogP contribution in [0.15, 0.2) is 0 Å². The van der Waals surface area contributed by atoms with Gasteiger partial charge in [0.05, 0.1) is 6.42 Å². The molecular weight excluding hydrogens is 258 g/mol. The minimum atomic E-state index is -0.0181. The molecule has 0 atom stereocenters. The lowest BCUT2D eigenvalue weighted by molar-refractivity contribution is -0.126. The summed E-state index contributed by atoms with van der Waals surface area (Å²) in [5.74, 6) is 0.292. The number of hydrogen-bond acceptors (Lipinski definition) is 3. The number of unbranched alkanes of at least 4 members (excludes halogenated alkanes) is 3. The van der Waals surface area contributed by atoms with E-state index in [1.807, 2.05) is 0 Å². The molecule has 0 aliphatic carbocycles. The molecule has 0 unspecified atom stereocenters. The summed E-state index contributed by atoms with van der Waals surface area (Å²) in [5, 5.41) is 2.74. The van der Waals surface area contributed by atoms with E-state index in [1.165, 1.54) is 19.8 Å². The molecule has 0 saturated carbocycles. The molecule has 5 nitrogen and oxygen atoms in total. The van der Waals surface area contributed by atoms with Gasteiger partial charge in [-0.05, 0) is 26.2 Å². The molecule has 0 bridgehead atoms. The van der Waals surface area contributed by atoms with Crippen LogP contribution < -0.4 is 5.32 Å². The van der Waals surface area contributed by atoms with Crippen LogP contribution in [0.2, 0.25) is 0 Å². The molecule has 20 heavy (non-hydrogen) atoms. The summed E-state index contributed by atoms with van der Waals surface area (Å²) in [6.45, 7) is 4.49. The normalized spacial score (nSPS) is 13.4. The molecule has 5 heteroatoms. The second-order valence-electron chi connectivity index (χ2n) is 5.04. The lowest BCUT2D eigenvalue weighted by atomic mass is 10.1. The van der Waals surface area contributed by atoms with Gasteiger partial charge in [0.25, 0.3) is 0 Å². The van der Waals surface area contributed by atoms with Gasteiger partial charge in [0.15, 0.2) is 0 Å². The Balaban J connectivity index is 0. The van der Waals surface area contributed by atoms with Crippen molar-refractivity contribution in [2.75, 3.05) is 6.54 Å². The van der Waals surface area contributed by atoms with Crippen molar-refractivity contribution < 1.29 is 19.9 Å². The molecule has 118 valence electrons. The fraction of sp³-hybridized carbons (Fsp3) is 0.800. The van der Waals surface area contributed by atoms with E-state index in [1.54, 1.807) is 0 Å². The van der Waals surface area contributed by atoms with Crippen molar-refractivity contribution in [3.05, 3.63) is 0 Å². The number of amides is 1. The highest BCUT2D eigenvalue weighted by Crippen LogP contribution is 2.04. The Morgan fingerprint density at radius 1 is 1.15 bits per heavy atom. The van der Waals surface area contributed by atoms with Crippen LogP contribution in [0.1, 0.15) is 71.6 Å². The zero-order valence-electron chi connectivity index (χ0n) is 12.8. The molecule has 1 aliphatic rings. The standard InChI is InChI=1S/C10H18O2.C5H9NO.H2O/c1-3-4-5-6-7-10(12)8-9(2)11;7-5-3-1-2-4-6-5;/h3-8H2,1-2H3;1-4H2,(H,6,7);1H2. The van der Waals surface area contributed by atoms with E-state index in [-0.39, 0.29) is 29.4 Å². The molecule has 1 heterocycles. The number of hydrogen-bond donors (Lipinski definition) is 1. The van der Waals surface area contributed by atoms with E-state index >= 15 is 0 Å². The fourth-order valence-electron chi connectivity index (χ4n) is 1.84. The van der Waals surface area contributed by atoms with E-state index in [4.69, 9.17) is 0 Å². The summed E-state index contributed by atoms with van der Waals surface area (Å²) in [4.78, 5) is 31.9. The summed E-state index contributed by atoms with van der Waals surface area (Å²) in [7, 11) is 0. The first-order valence-electron chi connectivity index (χ1n) is 7.34. The molecule has 0 radical (unpaired) electrons. The number of nitrogens with one attached hydrogen (secondary N) is 1. The minimum Gasteiger partial charge on any atom is -0.412 e. The molecule has 0 aromatic rings. The highest BCUT2D eigenvalue weighted by molar-refractivity contribution is 5.97. The van der Waals surface area contributed by atoms with Gasteiger partial charge in [0.2, 0.25) is 5.91 Å². The van der Waals surface area contributed by atoms with Crippen LogP contribution in [-0.4, -0.2) is 29.5 Å². The molecule has 0 aromatic carbocycles. The smallest absolute Gasteiger partial charge is 0.219 e. The molecule has 3 N–H and O–H groups in total. The Bertz CT molecular complexity index is 282. The van der Waals surface area contributed by atoms with Crippen molar-refractivity contribution in [1.82, 2.24) is 5.32 Å². The van der Waals surface area contributed by atoms with Crippen LogP contribution in [0, 0.1) is 0 Å². The van der Waals surface area contributed by atoms with E-state index in [9.17, 15) is 14.4 Å². The molecule has 1 rings (SSSR count). The molecule has 1 saturated heterocycles. The third-order valence-corrected chi connectivity index (χ3v) is 2.91. The Kier molecular flexibility index (Phi) is 14.9. The summed E-state index contributed by atoms with van der Waals surface area (Å²) in [6.07, 6.45) is 8.11. The maximum atomic E-state index is 11.0. The van der Waals surface area contributed by atoms with E-state index in [0.717, 1.165) is 38.6 Å². The Morgan fingerprint density at radius 3 is 2.25 bits per heavy atom. The number of rotatable bonds is 7. The average Bonchev–Trinajstić information content (AvgIpc) is 2.35. The van der Waals surface area contributed by atoms with Crippen molar-refractivity contribution in [3.8, 4) is 0 Å². The summed E-state index contributed by atoms with van der Waals surface area (Å²) in [5.41, 5.74) is 0. The summed E-state index contributed by atoms with van der Waals surface area (Å²) >= 11 is 0. The maximum absolute atomic E-state index is 11.0. The lowest BCUT2D eigenvalue weighted by Gasteiger charge is -2.08. The second kappa shape index (κ2) is 14.2. The molecule has 0 aromatic heterocycles. The van der Waals surface area contributed by atoms with Crippen molar-refractivity contribution >= 4 is 17.5 Å². The van der Waals surface area contributed by atoms with Crippen LogP contribution in [0.4, 0.5) is 0 Å². The van der Waals surface area contributed by atoms with Crippen molar-refractivity contribution in [1.29, 1.82) is 0 Å². The van der Waals surface area contributed by atoms with E-state index < -0.39 is 0 Å². The highest BCUT2D eigenvalue weighted by Gasteiger charge is 2.04. The first-order chi connectivity index (χ1) is 9.06. The number of Topliss-reactive ketones (excluding diaryl/α,β-unsaturated/α-hetero) is 2. The molecular formula is C15H29NO4. The third kappa shape index (κ3) is 14.8. The van der Waals surface area contributed by atoms with Gasteiger partial charge in [-0.3, -0.25) is 14.4 Å². The molecule has 1 amide bonds. The average molecular weight is 287 g/mol. The fourth-order valence-corrected chi connectivity index (χ4v) is 1.84. The van der Waals surface area contributed by atoms with Gasteiger partial charge in [-0.25, -0.2) is 0 Å². The van der Waals surface area contributed by atoms with Crippen LogP contribution >= 0.6 is 0 Å². The zero-order valence-corrected chi connectivity index (χ0v) is 12.8. The largest absolute Gasteiger partial charge is 0.412 e. The van der Waals surface area contributed by atoms with E-state index in [0.29, 0.717) is 6.42 Å². The van der Waals surface area contributed by atoms with Gasteiger partial charge < -0.3 is 10.8 Å². The molecule has 1 fully saturated rings. The Labute approximate surface area is 121 Å². The minimum absolute atomic E-state index is 0. The van der Waals surface area contributed by atoms with Crippen molar-refractivity contribution in [3.63, 3.8) is 0 Å². The van der Waals surface area contributed by atoms with E-state index in [2.05, 4.69) is 12.2 Å². The molecule has 1 aliphatic heterocycles. The Morgan fingerprint density at radius 2 is 1.85 bits per heavy atom. The maximum Gasteiger partial charge on any atom is 0.219 e. The van der Waals surface area contributed by atoms with Crippen LogP contribution in [0.25, 0.3) is 0 Å². The van der Waals surface area contributed by atoms with Gasteiger partial charge >= 0.3 is 0 Å². The first-order valence-corrected chi connectivity index (χ1v) is 7.34. The zero-order chi connectivity index (χ0) is 14.5. The van der Waals surface area contributed by atoms with Crippen LogP contribution in [-0.2, 0) is 14.4 Å². The SMILES string of the molecule is CCCCCCC(=O)CC(C)=O.O.O=C1CCCCN1. The van der Waals surface area contributed by atoms with Crippen LogP contribution in [0.5, 0.6) is 0 Å². The highest BCUT2D eigenvalue weighted by atomic mass is 16.2. The Hall–Kier alpha value is -1.23. The third-order valence-electron chi connectivity index (χ3n) is 2.91. The number of carbonyl (C=O) groups is 3. The second-order valence-corrected chi connectivity index (χ2v) is 5.04. The van der Waals surface area contributed by atoms with Crippen LogP contribution in [0.3, 0.4) is 0 Å². The predicted octanol–water partition coefficient (Wildman–Crippen LogP) is 1.97. The molecule has 0 spiro atoms. The summed E-state index contributed by atoms with van der Waals surface area (Å²) in [6, 6.07) is 0. The monoisotopic (exact) mass is 287 g/mol. The van der Waals surface area contributed by atoms with Crippen molar-refractivity contribution in [2.45, 2.75) is 71.6 Å². The number of piperidine rings is 1. The van der Waals surface area contributed by atoms with Gasteiger partial charge in [0.1, 0.15) is 11.6 Å². The topological polar surface area (TPSA) is 94.7 Å². The first kappa shape index (κ1) is 21.1. The summed E-state index contributed by atoms with van der Waals surface area (Å²) < 4.78 is 0. The van der Waals surface area contributed by atoms with Crippen molar-refractivity contribution in [2.24, 2.45) is 0 Å². The lowest BCUT2D eigenvalue weighted by Crippen LogP contribution is -2.28. The number of ketones is 2. The number of carbonyl (C=O) groups excluding carboxylic acids is 3. The quantitative estimate of drug-likeness (QED) is 0.572. The van der Waals surface area contributed by atoms with Gasteiger partial charge in [-0.2, -0.15) is 0 Å². The van der Waals surface area contributed by atoms with Gasteiger partial charge in [0, 0.05) is 19.4 Å².